The highest BCUT2D eigenvalue weighted by atomic mass is 19.1. The van der Waals surface area contributed by atoms with Crippen LogP contribution in [0, 0.1) is 11.6 Å². The molecule has 3 heterocycles. The quantitative estimate of drug-likeness (QED) is 0.547. The zero-order valence-electron chi connectivity index (χ0n) is 14.2. The van der Waals surface area contributed by atoms with Crippen molar-refractivity contribution in [1.82, 2.24) is 24.3 Å². The number of aromatic nitrogens is 5. The molecule has 0 aliphatic heterocycles. The summed E-state index contributed by atoms with van der Waals surface area (Å²) >= 11 is 0. The zero-order chi connectivity index (χ0) is 18.1. The lowest BCUT2D eigenvalue weighted by Gasteiger charge is -2.10. The molecule has 0 amide bonds. The van der Waals surface area contributed by atoms with Crippen LogP contribution in [0.3, 0.4) is 0 Å². The Morgan fingerprint density at radius 3 is 2.81 bits per heavy atom. The Hall–Kier alpha value is -3.09. The van der Waals surface area contributed by atoms with E-state index in [1.165, 1.54) is 4.68 Å². The number of hydrogen-bond donors (Lipinski definition) is 0. The number of benzene rings is 1. The molecule has 0 saturated carbocycles. The zero-order valence-corrected chi connectivity index (χ0v) is 14.2. The number of nitrogens with zero attached hydrogens (tertiary/aromatic N) is 5. The van der Waals surface area contributed by atoms with Crippen LogP contribution in [0.15, 0.2) is 48.8 Å². The Bertz CT molecular complexity index is 1070. The highest BCUT2D eigenvalue weighted by Crippen LogP contribution is 2.21. The second kappa shape index (κ2) is 6.67. The van der Waals surface area contributed by atoms with Gasteiger partial charge in [0.2, 0.25) is 0 Å². The number of imidazole rings is 1. The monoisotopic (exact) mass is 353 g/mol. The summed E-state index contributed by atoms with van der Waals surface area (Å²) in [4.78, 5) is 8.94. The van der Waals surface area contributed by atoms with E-state index < -0.39 is 11.6 Å². The fraction of sp³-hybridized carbons (Fsp3) is 0.211. The van der Waals surface area contributed by atoms with Crippen molar-refractivity contribution in [3.05, 3.63) is 71.9 Å². The third kappa shape index (κ3) is 2.85. The van der Waals surface area contributed by atoms with Crippen LogP contribution in [0.2, 0.25) is 0 Å². The van der Waals surface area contributed by atoms with E-state index in [0.29, 0.717) is 12.1 Å². The molecule has 0 radical (unpaired) electrons. The van der Waals surface area contributed by atoms with Crippen molar-refractivity contribution in [3.8, 4) is 5.69 Å². The summed E-state index contributed by atoms with van der Waals surface area (Å²) in [6.07, 6.45) is 4.67. The maximum atomic E-state index is 14.2. The molecule has 26 heavy (non-hydrogen) atoms. The lowest BCUT2D eigenvalue weighted by atomic mass is 10.2. The highest BCUT2D eigenvalue weighted by Gasteiger charge is 2.16. The summed E-state index contributed by atoms with van der Waals surface area (Å²) in [6, 6.07) is 8.99. The Morgan fingerprint density at radius 2 is 1.96 bits per heavy atom. The molecule has 0 aliphatic carbocycles. The predicted molar refractivity (Wildman–Crippen MR) is 94.1 cm³/mol. The summed E-state index contributed by atoms with van der Waals surface area (Å²) in [7, 11) is 0. The normalized spacial score (nSPS) is 11.3. The number of pyridine rings is 1. The molecular weight excluding hydrogens is 336 g/mol. The maximum Gasteiger partial charge on any atom is 0.177 e. The third-order valence-corrected chi connectivity index (χ3v) is 4.25. The summed E-state index contributed by atoms with van der Waals surface area (Å²) in [5, 5.41) is 4.17. The van der Waals surface area contributed by atoms with Crippen molar-refractivity contribution in [3.63, 3.8) is 0 Å². The van der Waals surface area contributed by atoms with E-state index in [0.717, 1.165) is 48.2 Å². The molecule has 0 saturated heterocycles. The Morgan fingerprint density at radius 1 is 1.08 bits per heavy atom. The van der Waals surface area contributed by atoms with E-state index in [2.05, 4.69) is 26.6 Å². The molecule has 1 aromatic carbocycles. The number of rotatable bonds is 5. The van der Waals surface area contributed by atoms with Crippen LogP contribution in [0.4, 0.5) is 8.78 Å². The van der Waals surface area contributed by atoms with E-state index in [1.807, 2.05) is 12.1 Å². The van der Waals surface area contributed by atoms with E-state index in [9.17, 15) is 8.78 Å². The molecule has 5 nitrogen and oxygen atoms in total. The first-order valence-corrected chi connectivity index (χ1v) is 8.46. The number of halogens is 2. The SMILES string of the molecule is CCCn1c(Cc2ccnn2-c2cc(F)ccc2F)nc2ncccc21. The van der Waals surface area contributed by atoms with Crippen molar-refractivity contribution in [2.45, 2.75) is 26.3 Å². The number of aryl methyl sites for hydroxylation is 1. The molecule has 132 valence electrons. The third-order valence-electron chi connectivity index (χ3n) is 4.25. The smallest absolute Gasteiger partial charge is 0.177 e. The minimum absolute atomic E-state index is 0.0845. The van der Waals surface area contributed by atoms with Gasteiger partial charge < -0.3 is 4.57 Å². The van der Waals surface area contributed by atoms with Crippen LogP contribution in [0.25, 0.3) is 16.9 Å². The Labute approximate surface area is 148 Å². The molecule has 7 heteroatoms. The van der Waals surface area contributed by atoms with Crippen LogP contribution in [0.5, 0.6) is 0 Å². The van der Waals surface area contributed by atoms with Gasteiger partial charge in [-0.05, 0) is 36.8 Å². The fourth-order valence-corrected chi connectivity index (χ4v) is 3.11. The van der Waals surface area contributed by atoms with Crippen LogP contribution in [-0.4, -0.2) is 24.3 Å². The Kier molecular flexibility index (Phi) is 4.20. The first-order chi connectivity index (χ1) is 12.7. The second-order valence-electron chi connectivity index (χ2n) is 6.03. The molecule has 0 atom stereocenters. The first-order valence-electron chi connectivity index (χ1n) is 8.46. The van der Waals surface area contributed by atoms with E-state index >= 15 is 0 Å². The van der Waals surface area contributed by atoms with E-state index in [1.54, 1.807) is 18.5 Å². The van der Waals surface area contributed by atoms with Gasteiger partial charge in [-0.1, -0.05) is 6.92 Å². The van der Waals surface area contributed by atoms with Gasteiger partial charge in [-0.3, -0.25) is 0 Å². The van der Waals surface area contributed by atoms with Crippen molar-refractivity contribution >= 4 is 11.2 Å². The molecule has 4 aromatic rings. The van der Waals surface area contributed by atoms with Crippen LogP contribution >= 0.6 is 0 Å². The average Bonchev–Trinajstić information content (AvgIpc) is 3.23. The first kappa shape index (κ1) is 16.4. The van der Waals surface area contributed by atoms with Crippen LogP contribution in [0.1, 0.15) is 24.9 Å². The topological polar surface area (TPSA) is 48.5 Å². The van der Waals surface area contributed by atoms with Crippen molar-refractivity contribution in [1.29, 1.82) is 0 Å². The lowest BCUT2D eigenvalue weighted by molar-refractivity contribution is 0.583. The second-order valence-corrected chi connectivity index (χ2v) is 6.03. The fourth-order valence-electron chi connectivity index (χ4n) is 3.11. The van der Waals surface area contributed by atoms with Gasteiger partial charge in [0.15, 0.2) is 5.65 Å². The molecule has 3 aromatic heterocycles. The van der Waals surface area contributed by atoms with Crippen molar-refractivity contribution in [2.24, 2.45) is 0 Å². The summed E-state index contributed by atoms with van der Waals surface area (Å²) < 4.78 is 31.3. The Balaban J connectivity index is 1.78. The van der Waals surface area contributed by atoms with Crippen LogP contribution in [-0.2, 0) is 13.0 Å². The van der Waals surface area contributed by atoms with Gasteiger partial charge in [0.1, 0.15) is 23.1 Å². The number of fused-ring (bicyclic) bond motifs is 1. The van der Waals surface area contributed by atoms with Gasteiger partial charge >= 0.3 is 0 Å². The average molecular weight is 353 g/mol. The van der Waals surface area contributed by atoms with E-state index in [4.69, 9.17) is 0 Å². The maximum absolute atomic E-state index is 14.2. The lowest BCUT2D eigenvalue weighted by Crippen LogP contribution is -2.09. The molecule has 0 spiro atoms. The summed E-state index contributed by atoms with van der Waals surface area (Å²) in [5.41, 5.74) is 2.45. The number of hydrogen-bond acceptors (Lipinski definition) is 3. The van der Waals surface area contributed by atoms with E-state index in [-0.39, 0.29) is 5.69 Å². The van der Waals surface area contributed by atoms with Gasteiger partial charge in [0.25, 0.3) is 0 Å². The van der Waals surface area contributed by atoms with Gasteiger partial charge in [-0.15, -0.1) is 0 Å². The molecule has 0 fully saturated rings. The molecule has 4 rings (SSSR count). The van der Waals surface area contributed by atoms with Gasteiger partial charge in [-0.2, -0.15) is 5.10 Å². The molecule has 0 bridgehead atoms. The van der Waals surface area contributed by atoms with Gasteiger partial charge in [0, 0.05) is 31.4 Å². The molecule has 0 unspecified atom stereocenters. The predicted octanol–water partition coefficient (Wildman–Crippen LogP) is 3.90. The highest BCUT2D eigenvalue weighted by molar-refractivity contribution is 5.71. The van der Waals surface area contributed by atoms with Crippen molar-refractivity contribution < 1.29 is 8.78 Å². The largest absolute Gasteiger partial charge is 0.326 e. The molecule has 0 aliphatic rings. The summed E-state index contributed by atoms with van der Waals surface area (Å²) in [6.45, 7) is 2.90. The van der Waals surface area contributed by atoms with Crippen molar-refractivity contribution in [2.75, 3.05) is 0 Å². The minimum atomic E-state index is -0.528. The standard InChI is InChI=1S/C19H17F2N5/c1-2-10-25-16-4-3-8-22-19(16)24-18(25)12-14-7-9-23-26(14)17-11-13(20)5-6-15(17)21/h3-9,11H,2,10,12H2,1H3. The molecule has 0 N–H and O–H groups in total. The summed E-state index contributed by atoms with van der Waals surface area (Å²) in [5.74, 6) is -0.218. The molecular formula is C19H17F2N5. The van der Waals surface area contributed by atoms with Gasteiger partial charge in [-0.25, -0.2) is 23.4 Å². The van der Waals surface area contributed by atoms with Crippen LogP contribution < -0.4 is 0 Å². The van der Waals surface area contributed by atoms with Gasteiger partial charge in [0.05, 0.1) is 11.2 Å². The minimum Gasteiger partial charge on any atom is -0.326 e.